The van der Waals surface area contributed by atoms with E-state index in [1.54, 1.807) is 11.3 Å². The third-order valence-electron chi connectivity index (χ3n) is 4.13. The Kier molecular flexibility index (Phi) is 4.41. The molecule has 6 heteroatoms. The molecule has 2 heterocycles. The van der Waals surface area contributed by atoms with E-state index in [1.807, 2.05) is 70.7 Å². The van der Waals surface area contributed by atoms with Gasteiger partial charge in [-0.15, -0.1) is 11.3 Å². The minimum Gasteiger partial charge on any atom is -0.308 e. The van der Waals surface area contributed by atoms with Gasteiger partial charge in [0.15, 0.2) is 4.96 Å². The van der Waals surface area contributed by atoms with Gasteiger partial charge in [0.25, 0.3) is 0 Å². The number of nitrogens with one attached hydrogen (secondary N) is 2. The molecule has 0 saturated heterocycles. The number of urea groups is 1. The Morgan fingerprint density at radius 1 is 1.12 bits per heavy atom. The number of hydrogen-bond acceptors (Lipinski definition) is 3. The summed E-state index contributed by atoms with van der Waals surface area (Å²) >= 11 is 1.59. The predicted molar refractivity (Wildman–Crippen MR) is 107 cm³/mol. The van der Waals surface area contributed by atoms with E-state index >= 15 is 0 Å². The number of imidazole rings is 1. The molecule has 2 N–H and O–H groups in total. The van der Waals surface area contributed by atoms with Crippen molar-refractivity contribution in [3.05, 3.63) is 71.9 Å². The van der Waals surface area contributed by atoms with Crippen LogP contribution >= 0.6 is 11.3 Å². The summed E-state index contributed by atoms with van der Waals surface area (Å²) < 4.78 is 1.99. The van der Waals surface area contributed by atoms with E-state index in [4.69, 9.17) is 0 Å². The van der Waals surface area contributed by atoms with Crippen molar-refractivity contribution in [1.29, 1.82) is 0 Å². The number of amides is 2. The van der Waals surface area contributed by atoms with Gasteiger partial charge < -0.3 is 10.6 Å². The average molecular weight is 362 g/mol. The lowest BCUT2D eigenvalue weighted by Crippen LogP contribution is -2.19. The highest BCUT2D eigenvalue weighted by Crippen LogP contribution is 2.24. The van der Waals surface area contributed by atoms with Gasteiger partial charge in [0.05, 0.1) is 5.69 Å². The Labute approximate surface area is 155 Å². The minimum absolute atomic E-state index is 0.266. The maximum atomic E-state index is 12.2. The van der Waals surface area contributed by atoms with E-state index in [0.717, 1.165) is 34.0 Å². The molecule has 5 nitrogen and oxygen atoms in total. The molecular formula is C20H18N4OS. The lowest BCUT2D eigenvalue weighted by atomic mass is 10.1. The van der Waals surface area contributed by atoms with Gasteiger partial charge in [-0.3, -0.25) is 4.40 Å². The Morgan fingerprint density at radius 2 is 1.92 bits per heavy atom. The molecule has 2 aromatic heterocycles. The van der Waals surface area contributed by atoms with Crippen molar-refractivity contribution in [3.63, 3.8) is 0 Å². The van der Waals surface area contributed by atoms with E-state index in [9.17, 15) is 4.79 Å². The van der Waals surface area contributed by atoms with Crippen LogP contribution in [0.3, 0.4) is 0 Å². The number of anilines is 2. The number of thiazole rings is 1. The molecule has 0 unspecified atom stereocenters. The van der Waals surface area contributed by atoms with Crippen LogP contribution in [-0.4, -0.2) is 15.4 Å². The van der Waals surface area contributed by atoms with Gasteiger partial charge >= 0.3 is 6.03 Å². The molecule has 2 aromatic carbocycles. The van der Waals surface area contributed by atoms with Gasteiger partial charge in [0.2, 0.25) is 0 Å². The van der Waals surface area contributed by atoms with E-state index in [0.29, 0.717) is 0 Å². The largest absolute Gasteiger partial charge is 0.323 e. The van der Waals surface area contributed by atoms with Crippen LogP contribution in [0.5, 0.6) is 0 Å². The second-order valence-corrected chi connectivity index (χ2v) is 6.80. The van der Waals surface area contributed by atoms with Gasteiger partial charge in [-0.1, -0.05) is 31.2 Å². The van der Waals surface area contributed by atoms with Gasteiger partial charge in [-0.25, -0.2) is 9.78 Å². The summed E-state index contributed by atoms with van der Waals surface area (Å²) in [6.45, 7) is 2.10. The molecule has 0 aliphatic rings. The molecule has 0 spiro atoms. The number of fused-ring (bicyclic) bond motifs is 1. The lowest BCUT2D eigenvalue weighted by molar-refractivity contribution is 0.262. The number of aromatic nitrogens is 2. The lowest BCUT2D eigenvalue weighted by Gasteiger charge is -2.09. The zero-order valence-electron chi connectivity index (χ0n) is 14.3. The fourth-order valence-corrected chi connectivity index (χ4v) is 3.44. The molecule has 26 heavy (non-hydrogen) atoms. The van der Waals surface area contributed by atoms with E-state index < -0.39 is 0 Å². The molecule has 0 aliphatic carbocycles. The molecule has 2 amide bonds. The maximum Gasteiger partial charge on any atom is 0.323 e. The first kappa shape index (κ1) is 16.4. The normalized spacial score (nSPS) is 10.8. The quantitative estimate of drug-likeness (QED) is 0.520. The molecule has 0 atom stereocenters. The van der Waals surface area contributed by atoms with Crippen molar-refractivity contribution >= 4 is 33.7 Å². The van der Waals surface area contributed by atoms with Crippen LogP contribution in [0.25, 0.3) is 16.2 Å². The van der Waals surface area contributed by atoms with Gasteiger partial charge in [-0.05, 0) is 36.2 Å². The van der Waals surface area contributed by atoms with Crippen LogP contribution in [0, 0.1) is 0 Å². The van der Waals surface area contributed by atoms with E-state index in [1.165, 1.54) is 5.56 Å². The van der Waals surface area contributed by atoms with Crippen LogP contribution in [-0.2, 0) is 6.42 Å². The third kappa shape index (κ3) is 3.45. The second-order valence-electron chi connectivity index (χ2n) is 5.93. The Morgan fingerprint density at radius 3 is 2.69 bits per heavy atom. The monoisotopic (exact) mass is 362 g/mol. The summed E-state index contributed by atoms with van der Waals surface area (Å²) in [4.78, 5) is 17.8. The molecule has 4 aromatic rings. The van der Waals surface area contributed by atoms with E-state index in [-0.39, 0.29) is 6.03 Å². The summed E-state index contributed by atoms with van der Waals surface area (Å²) in [5.74, 6) is 0. The highest BCUT2D eigenvalue weighted by molar-refractivity contribution is 7.15. The Balaban J connectivity index is 1.47. The van der Waals surface area contributed by atoms with Crippen LogP contribution in [0.4, 0.5) is 16.2 Å². The summed E-state index contributed by atoms with van der Waals surface area (Å²) in [5, 5.41) is 7.73. The fraction of sp³-hybridized carbons (Fsp3) is 0.100. The van der Waals surface area contributed by atoms with Gasteiger partial charge in [-0.2, -0.15) is 0 Å². The highest BCUT2D eigenvalue weighted by atomic mass is 32.1. The number of carbonyl (C=O) groups excluding carboxylic acids is 1. The average Bonchev–Trinajstić information content (AvgIpc) is 3.24. The van der Waals surface area contributed by atoms with Crippen molar-refractivity contribution in [1.82, 2.24) is 9.38 Å². The van der Waals surface area contributed by atoms with Crippen LogP contribution in [0.1, 0.15) is 12.5 Å². The number of nitrogens with zero attached hydrogens (tertiary/aromatic N) is 2. The minimum atomic E-state index is -0.266. The predicted octanol–water partition coefficient (Wildman–Crippen LogP) is 5.27. The SMILES string of the molecule is CCc1ccc(NC(=O)Nc2cccc(-c3cn4ccsc4n3)c2)cc1. The molecule has 4 rings (SSSR count). The van der Waals surface area contributed by atoms with Gasteiger partial charge in [0, 0.05) is 34.7 Å². The molecule has 0 radical (unpaired) electrons. The molecule has 0 saturated carbocycles. The molecular weight excluding hydrogens is 344 g/mol. The summed E-state index contributed by atoms with van der Waals surface area (Å²) in [6, 6.07) is 15.3. The third-order valence-corrected chi connectivity index (χ3v) is 4.90. The zero-order valence-corrected chi connectivity index (χ0v) is 15.1. The number of benzene rings is 2. The first-order valence-electron chi connectivity index (χ1n) is 8.41. The molecule has 0 fully saturated rings. The second kappa shape index (κ2) is 7.01. The Hall–Kier alpha value is -3.12. The van der Waals surface area contributed by atoms with Crippen LogP contribution < -0.4 is 10.6 Å². The van der Waals surface area contributed by atoms with Crippen molar-refractivity contribution < 1.29 is 4.79 Å². The molecule has 0 bridgehead atoms. The fourth-order valence-electron chi connectivity index (χ4n) is 2.74. The Bertz CT molecular complexity index is 1020. The maximum absolute atomic E-state index is 12.2. The van der Waals surface area contributed by atoms with Crippen LogP contribution in [0.15, 0.2) is 66.3 Å². The van der Waals surface area contributed by atoms with E-state index in [2.05, 4.69) is 22.5 Å². The van der Waals surface area contributed by atoms with Crippen molar-refractivity contribution in [2.75, 3.05) is 10.6 Å². The number of rotatable bonds is 4. The smallest absolute Gasteiger partial charge is 0.308 e. The van der Waals surface area contributed by atoms with Gasteiger partial charge in [0.1, 0.15) is 0 Å². The van der Waals surface area contributed by atoms with Crippen molar-refractivity contribution in [2.45, 2.75) is 13.3 Å². The molecule has 130 valence electrons. The number of carbonyl (C=O) groups is 1. The number of hydrogen-bond donors (Lipinski definition) is 2. The molecule has 0 aliphatic heterocycles. The summed E-state index contributed by atoms with van der Waals surface area (Å²) in [7, 11) is 0. The topological polar surface area (TPSA) is 58.4 Å². The standard InChI is InChI=1S/C20H18N4OS/c1-2-14-6-8-16(9-7-14)21-19(25)22-17-5-3-4-15(12-17)18-13-24-10-11-26-20(24)23-18/h3-13H,2H2,1H3,(H2,21,22,25). The van der Waals surface area contributed by atoms with Crippen molar-refractivity contribution in [3.8, 4) is 11.3 Å². The summed E-state index contributed by atoms with van der Waals surface area (Å²) in [6.07, 6.45) is 4.95. The highest BCUT2D eigenvalue weighted by Gasteiger charge is 2.08. The zero-order chi connectivity index (χ0) is 17.9. The van der Waals surface area contributed by atoms with Crippen molar-refractivity contribution in [2.24, 2.45) is 0 Å². The summed E-state index contributed by atoms with van der Waals surface area (Å²) in [5.41, 5.74) is 4.58. The number of aryl methyl sites for hydroxylation is 1. The first-order valence-corrected chi connectivity index (χ1v) is 9.29. The van der Waals surface area contributed by atoms with Crippen LogP contribution in [0.2, 0.25) is 0 Å². The first-order chi connectivity index (χ1) is 12.7.